The van der Waals surface area contributed by atoms with Crippen LogP contribution in [0.3, 0.4) is 0 Å². The van der Waals surface area contributed by atoms with E-state index in [1.54, 1.807) is 0 Å². The Bertz CT molecular complexity index is 383. The van der Waals surface area contributed by atoms with Crippen LogP contribution in [0.5, 0.6) is 0 Å². The summed E-state index contributed by atoms with van der Waals surface area (Å²) in [5, 5.41) is 20.8. The van der Waals surface area contributed by atoms with E-state index in [4.69, 9.17) is 10.8 Å². The Labute approximate surface area is 110 Å². The summed E-state index contributed by atoms with van der Waals surface area (Å²) < 4.78 is 0. The number of amides is 3. The van der Waals surface area contributed by atoms with E-state index < -0.39 is 36.0 Å². The highest BCUT2D eigenvalue weighted by Crippen LogP contribution is 2.17. The number of aliphatic hydroxyl groups is 1. The number of hydrogen-bond acceptors (Lipinski definition) is 4. The van der Waals surface area contributed by atoms with Crippen molar-refractivity contribution in [2.75, 3.05) is 13.1 Å². The average Bonchev–Trinajstić information content (AvgIpc) is 2.73. The van der Waals surface area contributed by atoms with E-state index in [0.29, 0.717) is 19.4 Å². The second-order valence-corrected chi connectivity index (χ2v) is 4.98. The van der Waals surface area contributed by atoms with E-state index in [0.717, 1.165) is 0 Å². The van der Waals surface area contributed by atoms with Crippen LogP contribution < -0.4 is 11.1 Å². The van der Waals surface area contributed by atoms with Crippen LogP contribution >= 0.6 is 0 Å². The zero-order chi connectivity index (χ0) is 14.6. The number of carboxylic acid groups (broad SMARTS) is 1. The molecule has 19 heavy (non-hydrogen) atoms. The normalized spacial score (nSPS) is 21.8. The second kappa shape index (κ2) is 5.87. The summed E-state index contributed by atoms with van der Waals surface area (Å²) in [6, 6.07) is -1.16. The number of likely N-dealkylation sites (tertiary alicyclic amines) is 1. The molecule has 8 nitrogen and oxygen atoms in total. The predicted molar refractivity (Wildman–Crippen MR) is 65.2 cm³/mol. The van der Waals surface area contributed by atoms with Gasteiger partial charge < -0.3 is 26.2 Å². The number of carbonyl (C=O) groups is 3. The molecule has 3 amide bonds. The van der Waals surface area contributed by atoms with Crippen molar-refractivity contribution in [2.24, 2.45) is 5.73 Å². The minimum atomic E-state index is -1.54. The number of nitrogens with zero attached hydrogens (tertiary/aromatic N) is 1. The van der Waals surface area contributed by atoms with Gasteiger partial charge in [0, 0.05) is 13.1 Å². The number of nitrogens with one attached hydrogen (secondary N) is 1. The van der Waals surface area contributed by atoms with Gasteiger partial charge in [-0.3, -0.25) is 9.59 Å². The number of carbonyl (C=O) groups excluding carboxylic acids is 2. The lowest BCUT2D eigenvalue weighted by molar-refractivity contribution is -0.141. The highest BCUT2D eigenvalue weighted by atomic mass is 16.4. The largest absolute Gasteiger partial charge is 0.481 e. The van der Waals surface area contributed by atoms with Crippen LogP contribution in [-0.4, -0.2) is 57.8 Å². The van der Waals surface area contributed by atoms with E-state index >= 15 is 0 Å². The number of hydrogen-bond donors (Lipinski definition) is 4. The predicted octanol–water partition coefficient (Wildman–Crippen LogP) is -1.13. The molecule has 1 saturated heterocycles. The topological polar surface area (TPSA) is 133 Å². The highest BCUT2D eigenvalue weighted by molar-refractivity contribution is 5.86. The molecule has 8 heteroatoms. The number of carboxylic acids is 1. The van der Waals surface area contributed by atoms with Crippen LogP contribution in [0.4, 0.5) is 4.79 Å². The van der Waals surface area contributed by atoms with E-state index in [1.807, 2.05) is 0 Å². The van der Waals surface area contributed by atoms with Gasteiger partial charge in [0.2, 0.25) is 5.91 Å². The van der Waals surface area contributed by atoms with E-state index in [9.17, 15) is 19.5 Å². The summed E-state index contributed by atoms with van der Waals surface area (Å²) in [5.41, 5.74) is 3.65. The number of primary amides is 1. The van der Waals surface area contributed by atoms with Crippen LogP contribution in [0.15, 0.2) is 0 Å². The van der Waals surface area contributed by atoms with Crippen molar-refractivity contribution < 1.29 is 24.6 Å². The van der Waals surface area contributed by atoms with Gasteiger partial charge in [0.1, 0.15) is 6.04 Å². The first-order valence-electron chi connectivity index (χ1n) is 6.01. The standard InChI is InChI=1S/C11H19N3O5/c1-11(19,5-8(15)16)6-13-10(18)14-4-2-3-7(14)9(12)17/h7,19H,2-6H2,1H3,(H2,12,17)(H,13,18)(H,15,16). The van der Waals surface area contributed by atoms with Gasteiger partial charge in [0.25, 0.3) is 0 Å². The Hall–Kier alpha value is -1.83. The monoisotopic (exact) mass is 273 g/mol. The van der Waals surface area contributed by atoms with Crippen molar-refractivity contribution in [1.29, 1.82) is 0 Å². The Kier molecular flexibility index (Phi) is 4.71. The van der Waals surface area contributed by atoms with Gasteiger partial charge >= 0.3 is 12.0 Å². The molecule has 0 aromatic carbocycles. The zero-order valence-corrected chi connectivity index (χ0v) is 10.8. The molecule has 2 atom stereocenters. The first-order chi connectivity index (χ1) is 8.73. The molecule has 0 aliphatic carbocycles. The molecule has 1 aliphatic heterocycles. The maximum absolute atomic E-state index is 11.8. The van der Waals surface area contributed by atoms with E-state index in [-0.39, 0.29) is 6.54 Å². The molecule has 108 valence electrons. The summed E-state index contributed by atoms with van der Waals surface area (Å²) in [6.45, 7) is 1.53. The summed E-state index contributed by atoms with van der Waals surface area (Å²) >= 11 is 0. The average molecular weight is 273 g/mol. The lowest BCUT2D eigenvalue weighted by Gasteiger charge is -2.26. The Morgan fingerprint density at radius 3 is 2.63 bits per heavy atom. The lowest BCUT2D eigenvalue weighted by atomic mass is 10.0. The van der Waals surface area contributed by atoms with Crippen LogP contribution in [0.2, 0.25) is 0 Å². The Morgan fingerprint density at radius 2 is 2.11 bits per heavy atom. The minimum Gasteiger partial charge on any atom is -0.481 e. The van der Waals surface area contributed by atoms with Gasteiger partial charge in [0.05, 0.1) is 12.0 Å². The van der Waals surface area contributed by atoms with Crippen molar-refractivity contribution >= 4 is 17.9 Å². The molecule has 2 unspecified atom stereocenters. The fraction of sp³-hybridized carbons (Fsp3) is 0.727. The minimum absolute atomic E-state index is 0.208. The first kappa shape index (κ1) is 15.2. The van der Waals surface area contributed by atoms with Gasteiger partial charge in [-0.2, -0.15) is 0 Å². The summed E-state index contributed by atoms with van der Waals surface area (Å²) in [4.78, 5) is 34.8. The number of aliphatic carboxylic acids is 1. The van der Waals surface area contributed by atoms with E-state index in [2.05, 4.69) is 5.32 Å². The highest BCUT2D eigenvalue weighted by Gasteiger charge is 2.33. The molecule has 1 aliphatic rings. The molecule has 0 radical (unpaired) electrons. The molecule has 0 spiro atoms. The molecule has 5 N–H and O–H groups in total. The van der Waals surface area contributed by atoms with Crippen LogP contribution in [0.1, 0.15) is 26.2 Å². The fourth-order valence-corrected chi connectivity index (χ4v) is 2.06. The van der Waals surface area contributed by atoms with Crippen molar-refractivity contribution in [3.63, 3.8) is 0 Å². The Morgan fingerprint density at radius 1 is 1.47 bits per heavy atom. The van der Waals surface area contributed by atoms with Gasteiger partial charge in [0.15, 0.2) is 0 Å². The fourth-order valence-electron chi connectivity index (χ4n) is 2.06. The lowest BCUT2D eigenvalue weighted by Crippen LogP contribution is -2.51. The van der Waals surface area contributed by atoms with Gasteiger partial charge in [-0.1, -0.05) is 0 Å². The molecule has 0 aromatic heterocycles. The smallest absolute Gasteiger partial charge is 0.318 e. The summed E-state index contributed by atoms with van der Waals surface area (Å²) in [5.74, 6) is -1.72. The molecule has 1 heterocycles. The van der Waals surface area contributed by atoms with Gasteiger partial charge in [-0.25, -0.2) is 4.79 Å². The summed E-state index contributed by atoms with van der Waals surface area (Å²) in [6.07, 6.45) is 0.730. The molecule has 1 rings (SSSR count). The number of rotatable bonds is 5. The quantitative estimate of drug-likeness (QED) is 0.503. The molecule has 0 aromatic rings. The molecule has 1 fully saturated rings. The third kappa shape index (κ3) is 4.40. The maximum atomic E-state index is 11.8. The van der Waals surface area contributed by atoms with Crippen LogP contribution in [0, 0.1) is 0 Å². The maximum Gasteiger partial charge on any atom is 0.318 e. The number of urea groups is 1. The van der Waals surface area contributed by atoms with Crippen LogP contribution in [0.25, 0.3) is 0 Å². The van der Waals surface area contributed by atoms with Crippen LogP contribution in [-0.2, 0) is 9.59 Å². The van der Waals surface area contributed by atoms with Crippen molar-refractivity contribution in [2.45, 2.75) is 37.8 Å². The van der Waals surface area contributed by atoms with E-state index in [1.165, 1.54) is 11.8 Å². The van der Waals surface area contributed by atoms with Gasteiger partial charge in [-0.15, -0.1) is 0 Å². The van der Waals surface area contributed by atoms with Crippen molar-refractivity contribution in [3.8, 4) is 0 Å². The first-order valence-corrected chi connectivity index (χ1v) is 6.01. The zero-order valence-electron chi connectivity index (χ0n) is 10.8. The molecular weight excluding hydrogens is 254 g/mol. The third-order valence-electron chi connectivity index (χ3n) is 2.99. The SMILES string of the molecule is CC(O)(CNC(=O)N1CCCC1C(N)=O)CC(=O)O. The molecular formula is C11H19N3O5. The van der Waals surface area contributed by atoms with Crippen molar-refractivity contribution in [1.82, 2.24) is 10.2 Å². The van der Waals surface area contributed by atoms with Crippen molar-refractivity contribution in [3.05, 3.63) is 0 Å². The number of nitrogens with two attached hydrogens (primary N) is 1. The van der Waals surface area contributed by atoms with Gasteiger partial charge in [-0.05, 0) is 19.8 Å². The second-order valence-electron chi connectivity index (χ2n) is 4.98. The third-order valence-corrected chi connectivity index (χ3v) is 2.99. The molecule has 0 saturated carbocycles. The Balaban J connectivity index is 2.51. The molecule has 0 bridgehead atoms. The summed E-state index contributed by atoms with van der Waals surface area (Å²) in [7, 11) is 0.